The summed E-state index contributed by atoms with van der Waals surface area (Å²) in [7, 11) is 1.99. The summed E-state index contributed by atoms with van der Waals surface area (Å²) in [5.41, 5.74) is 1.92. The minimum atomic E-state index is 0.406. The highest BCUT2D eigenvalue weighted by molar-refractivity contribution is 6.32. The predicted octanol–water partition coefficient (Wildman–Crippen LogP) is 3.32. The van der Waals surface area contributed by atoms with Gasteiger partial charge < -0.3 is 4.52 Å². The van der Waals surface area contributed by atoms with Crippen molar-refractivity contribution in [3.05, 3.63) is 45.5 Å². The van der Waals surface area contributed by atoms with Crippen molar-refractivity contribution in [1.82, 2.24) is 15.0 Å². The van der Waals surface area contributed by atoms with Gasteiger partial charge in [-0.25, -0.2) is 4.98 Å². The van der Waals surface area contributed by atoms with Crippen molar-refractivity contribution < 1.29 is 4.52 Å². The third-order valence-corrected chi connectivity index (χ3v) is 2.77. The van der Waals surface area contributed by atoms with E-state index < -0.39 is 0 Å². The average Bonchev–Trinajstić information content (AvgIpc) is 2.61. The zero-order valence-corrected chi connectivity index (χ0v) is 11.7. The summed E-state index contributed by atoms with van der Waals surface area (Å²) in [6.45, 7) is 3.29. The Labute approximate surface area is 115 Å². The predicted molar refractivity (Wildman–Crippen MR) is 70.7 cm³/mol. The summed E-state index contributed by atoms with van der Waals surface area (Å²) < 4.78 is 5.02. The number of hydrogen-bond donors (Lipinski definition) is 0. The van der Waals surface area contributed by atoms with Crippen LogP contribution in [0, 0.1) is 6.92 Å². The van der Waals surface area contributed by atoms with Crippen LogP contribution in [0.4, 0.5) is 0 Å². The molecule has 2 heterocycles. The molecule has 96 valence electrons. The second kappa shape index (κ2) is 5.69. The van der Waals surface area contributed by atoms with Crippen molar-refractivity contribution in [2.24, 2.45) is 0 Å². The van der Waals surface area contributed by atoms with E-state index in [-0.39, 0.29) is 0 Å². The third kappa shape index (κ3) is 3.70. The molecule has 2 rings (SSSR count). The maximum absolute atomic E-state index is 5.86. The molecule has 0 amide bonds. The Balaban J connectivity index is 2.00. The first-order chi connectivity index (χ1) is 8.52. The molecular weight excluding hydrogens is 273 g/mol. The quantitative estimate of drug-likeness (QED) is 0.809. The molecule has 2 aromatic rings. The maximum atomic E-state index is 5.86. The molecule has 0 aliphatic heterocycles. The van der Waals surface area contributed by atoms with Crippen LogP contribution in [0.5, 0.6) is 0 Å². The van der Waals surface area contributed by atoms with E-state index in [1.165, 1.54) is 0 Å². The molecule has 0 bridgehead atoms. The van der Waals surface area contributed by atoms with Gasteiger partial charge in [-0.15, -0.1) is 0 Å². The van der Waals surface area contributed by atoms with Gasteiger partial charge in [0.25, 0.3) is 0 Å². The molecule has 0 N–H and O–H groups in total. The highest BCUT2D eigenvalue weighted by atomic mass is 35.5. The lowest BCUT2D eigenvalue weighted by Gasteiger charge is -2.15. The second-order valence-corrected chi connectivity index (χ2v) is 5.00. The molecule has 0 unspecified atom stereocenters. The molecular formula is C12H13Cl2N3O. The van der Waals surface area contributed by atoms with Crippen molar-refractivity contribution in [1.29, 1.82) is 0 Å². The standard InChI is InChI=1S/C12H13Cl2N3O/c1-8-3-10(16-18-8)7-17(2)6-9-4-11(13)15-12(14)5-9/h3-5H,6-7H2,1-2H3. The van der Waals surface area contributed by atoms with E-state index in [2.05, 4.69) is 15.0 Å². The van der Waals surface area contributed by atoms with Gasteiger partial charge in [0.05, 0.1) is 5.69 Å². The van der Waals surface area contributed by atoms with E-state index in [0.717, 1.165) is 17.0 Å². The number of hydrogen-bond acceptors (Lipinski definition) is 4. The van der Waals surface area contributed by atoms with Gasteiger partial charge in [-0.3, -0.25) is 4.90 Å². The van der Waals surface area contributed by atoms with E-state index in [1.54, 1.807) is 12.1 Å². The highest BCUT2D eigenvalue weighted by Crippen LogP contribution is 2.16. The first kappa shape index (κ1) is 13.3. The van der Waals surface area contributed by atoms with Crippen LogP contribution in [0.2, 0.25) is 10.3 Å². The number of nitrogens with zero attached hydrogens (tertiary/aromatic N) is 3. The topological polar surface area (TPSA) is 42.2 Å². The molecule has 2 aromatic heterocycles. The fraction of sp³-hybridized carbons (Fsp3) is 0.333. The summed E-state index contributed by atoms with van der Waals surface area (Å²) in [4.78, 5) is 6.01. The van der Waals surface area contributed by atoms with Gasteiger partial charge in [-0.1, -0.05) is 28.4 Å². The number of pyridine rings is 1. The highest BCUT2D eigenvalue weighted by Gasteiger charge is 2.07. The van der Waals surface area contributed by atoms with E-state index >= 15 is 0 Å². The summed E-state index contributed by atoms with van der Waals surface area (Å²) in [6.07, 6.45) is 0. The van der Waals surface area contributed by atoms with Crippen LogP contribution in [0.1, 0.15) is 17.0 Å². The number of halogens is 2. The monoisotopic (exact) mass is 285 g/mol. The molecule has 18 heavy (non-hydrogen) atoms. The van der Waals surface area contributed by atoms with Gasteiger partial charge in [0, 0.05) is 19.2 Å². The third-order valence-electron chi connectivity index (χ3n) is 2.38. The van der Waals surface area contributed by atoms with Crippen LogP contribution in [0.15, 0.2) is 22.7 Å². The van der Waals surface area contributed by atoms with Gasteiger partial charge in [0.2, 0.25) is 0 Å². The van der Waals surface area contributed by atoms with Gasteiger partial charge >= 0.3 is 0 Å². The van der Waals surface area contributed by atoms with Crippen LogP contribution in [-0.2, 0) is 13.1 Å². The Kier molecular flexibility index (Phi) is 4.22. The second-order valence-electron chi connectivity index (χ2n) is 4.22. The van der Waals surface area contributed by atoms with E-state index in [1.807, 2.05) is 20.0 Å². The Morgan fingerprint density at radius 2 is 1.83 bits per heavy atom. The molecule has 0 atom stereocenters. The molecule has 0 fully saturated rings. The first-order valence-electron chi connectivity index (χ1n) is 5.45. The molecule has 0 aromatic carbocycles. The van der Waals surface area contributed by atoms with Crippen LogP contribution < -0.4 is 0 Å². The van der Waals surface area contributed by atoms with E-state index in [4.69, 9.17) is 27.7 Å². The number of aromatic nitrogens is 2. The minimum absolute atomic E-state index is 0.406. The molecule has 6 heteroatoms. The summed E-state index contributed by atoms with van der Waals surface area (Å²) in [5, 5.41) is 4.76. The Bertz CT molecular complexity index is 522. The fourth-order valence-electron chi connectivity index (χ4n) is 1.74. The average molecular weight is 286 g/mol. The van der Waals surface area contributed by atoms with Crippen LogP contribution in [-0.4, -0.2) is 22.1 Å². The Hall–Kier alpha value is -1.10. The minimum Gasteiger partial charge on any atom is -0.361 e. The summed E-state index contributed by atoms with van der Waals surface area (Å²) >= 11 is 11.7. The smallest absolute Gasteiger partial charge is 0.133 e. The maximum Gasteiger partial charge on any atom is 0.133 e. The molecule has 0 aliphatic rings. The molecule has 0 aliphatic carbocycles. The van der Waals surface area contributed by atoms with Crippen molar-refractivity contribution in [2.45, 2.75) is 20.0 Å². The van der Waals surface area contributed by atoms with Crippen LogP contribution in [0.3, 0.4) is 0 Å². The lowest BCUT2D eigenvalue weighted by molar-refractivity contribution is 0.302. The van der Waals surface area contributed by atoms with Crippen molar-refractivity contribution in [3.8, 4) is 0 Å². The molecule has 4 nitrogen and oxygen atoms in total. The van der Waals surface area contributed by atoms with E-state index in [9.17, 15) is 0 Å². The summed E-state index contributed by atoms with van der Waals surface area (Å²) in [6, 6.07) is 5.53. The normalized spacial score (nSPS) is 11.2. The van der Waals surface area contributed by atoms with Crippen LogP contribution >= 0.6 is 23.2 Å². The lowest BCUT2D eigenvalue weighted by Crippen LogP contribution is -2.17. The Morgan fingerprint density at radius 3 is 2.39 bits per heavy atom. The zero-order chi connectivity index (χ0) is 13.1. The Morgan fingerprint density at radius 1 is 1.17 bits per heavy atom. The van der Waals surface area contributed by atoms with E-state index in [0.29, 0.717) is 23.4 Å². The number of rotatable bonds is 4. The fourth-order valence-corrected chi connectivity index (χ4v) is 2.25. The van der Waals surface area contributed by atoms with Gasteiger partial charge in [0.15, 0.2) is 0 Å². The van der Waals surface area contributed by atoms with Crippen molar-refractivity contribution in [2.75, 3.05) is 7.05 Å². The largest absolute Gasteiger partial charge is 0.361 e. The molecule has 0 radical (unpaired) electrons. The lowest BCUT2D eigenvalue weighted by atomic mass is 10.2. The number of aryl methyl sites for hydroxylation is 1. The molecule has 0 spiro atoms. The van der Waals surface area contributed by atoms with Crippen molar-refractivity contribution >= 4 is 23.2 Å². The van der Waals surface area contributed by atoms with Gasteiger partial charge in [-0.2, -0.15) is 0 Å². The van der Waals surface area contributed by atoms with Crippen molar-refractivity contribution in [3.63, 3.8) is 0 Å². The van der Waals surface area contributed by atoms with Crippen LogP contribution in [0.25, 0.3) is 0 Å². The molecule has 0 saturated carbocycles. The zero-order valence-electron chi connectivity index (χ0n) is 10.2. The summed E-state index contributed by atoms with van der Waals surface area (Å²) in [5.74, 6) is 0.813. The van der Waals surface area contributed by atoms with Gasteiger partial charge in [0.1, 0.15) is 16.1 Å². The molecule has 0 saturated heterocycles. The van der Waals surface area contributed by atoms with Gasteiger partial charge in [-0.05, 0) is 31.7 Å². The SMILES string of the molecule is Cc1cc(CN(C)Cc2cc(Cl)nc(Cl)c2)no1. The first-order valence-corrected chi connectivity index (χ1v) is 6.21.